The molecular weight excluding hydrogens is 388 g/mol. The average Bonchev–Trinajstić information content (AvgIpc) is 3.02. The van der Waals surface area contributed by atoms with E-state index >= 15 is 0 Å². The summed E-state index contributed by atoms with van der Waals surface area (Å²) in [6.07, 6.45) is 7.41. The summed E-state index contributed by atoms with van der Waals surface area (Å²) in [5.74, 6) is 2.18. The van der Waals surface area contributed by atoms with Gasteiger partial charge in [0.05, 0.1) is 17.6 Å². The van der Waals surface area contributed by atoms with Crippen LogP contribution in [0.4, 0.5) is 23.3 Å². The second-order valence-corrected chi connectivity index (χ2v) is 7.82. The highest BCUT2D eigenvalue weighted by Gasteiger charge is 2.21. The van der Waals surface area contributed by atoms with Gasteiger partial charge in [0.25, 0.3) is 0 Å². The summed E-state index contributed by atoms with van der Waals surface area (Å²) in [5, 5.41) is 11.5. The molecule has 0 amide bonds. The van der Waals surface area contributed by atoms with Gasteiger partial charge in [-0.2, -0.15) is 10.1 Å². The predicted octanol–water partition coefficient (Wildman–Crippen LogP) is 3.70. The number of aryl methyl sites for hydroxylation is 3. The van der Waals surface area contributed by atoms with Crippen molar-refractivity contribution in [3.63, 3.8) is 0 Å². The van der Waals surface area contributed by atoms with Gasteiger partial charge >= 0.3 is 0 Å². The van der Waals surface area contributed by atoms with E-state index in [1.165, 1.54) is 5.56 Å². The van der Waals surface area contributed by atoms with Crippen LogP contribution in [-0.4, -0.2) is 43.9 Å². The van der Waals surface area contributed by atoms with Gasteiger partial charge in [-0.15, -0.1) is 0 Å². The minimum Gasteiger partial charge on any atom is -0.366 e. The van der Waals surface area contributed by atoms with Crippen molar-refractivity contribution >= 4 is 34.9 Å². The van der Waals surface area contributed by atoms with E-state index in [0.717, 1.165) is 43.1 Å². The Morgan fingerprint density at radius 3 is 2.55 bits per heavy atom. The molecule has 0 unspecified atom stereocenters. The van der Waals surface area contributed by atoms with Crippen LogP contribution in [0.3, 0.4) is 0 Å². The lowest BCUT2D eigenvalue weighted by Crippen LogP contribution is -2.39. The van der Waals surface area contributed by atoms with Crippen molar-refractivity contribution < 1.29 is 0 Å². The molecule has 152 valence electrons. The fourth-order valence-corrected chi connectivity index (χ4v) is 3.61. The van der Waals surface area contributed by atoms with Gasteiger partial charge in [-0.1, -0.05) is 17.7 Å². The first-order chi connectivity index (χ1) is 14.0. The normalized spacial score (nSPS) is 14.8. The first-order valence-electron chi connectivity index (χ1n) is 9.72. The van der Waals surface area contributed by atoms with Crippen molar-refractivity contribution in [3.8, 4) is 0 Å². The molecule has 0 aromatic carbocycles. The van der Waals surface area contributed by atoms with E-state index in [9.17, 15) is 0 Å². The highest BCUT2D eigenvalue weighted by molar-refractivity contribution is 6.32. The quantitative estimate of drug-likeness (QED) is 0.660. The molecule has 29 heavy (non-hydrogen) atoms. The first-order valence-corrected chi connectivity index (χ1v) is 10.1. The minimum atomic E-state index is 0.303. The third-order valence-electron chi connectivity index (χ3n) is 5.06. The maximum absolute atomic E-state index is 6.34. The van der Waals surface area contributed by atoms with E-state index in [-0.39, 0.29) is 0 Å². The van der Waals surface area contributed by atoms with E-state index in [2.05, 4.69) is 54.6 Å². The Labute approximate surface area is 175 Å². The average molecular weight is 413 g/mol. The summed E-state index contributed by atoms with van der Waals surface area (Å²) in [4.78, 5) is 15.7. The van der Waals surface area contributed by atoms with E-state index in [0.29, 0.717) is 22.8 Å². The zero-order chi connectivity index (χ0) is 20.4. The Hall–Kier alpha value is -2.87. The van der Waals surface area contributed by atoms with Gasteiger partial charge < -0.3 is 15.5 Å². The Morgan fingerprint density at radius 2 is 1.90 bits per heavy atom. The van der Waals surface area contributed by atoms with Crippen molar-refractivity contribution in [3.05, 3.63) is 47.0 Å². The standard InChI is InChI=1S/C20H25ClN8/c1-13-4-5-18(22-10-13)29-8-6-15(7-9-29)24-19-16(21)11-23-20(26-19)25-17-12-28(3)27-14(17)2/h4-5,10-12,15H,6-9H2,1-3H3,(H2,23,24,25,26). The lowest BCUT2D eigenvalue weighted by atomic mass is 10.0. The number of nitrogens with zero attached hydrogens (tertiary/aromatic N) is 6. The first kappa shape index (κ1) is 19.4. The zero-order valence-electron chi connectivity index (χ0n) is 16.9. The number of rotatable bonds is 5. The van der Waals surface area contributed by atoms with E-state index < -0.39 is 0 Å². The van der Waals surface area contributed by atoms with Crippen LogP contribution in [0.15, 0.2) is 30.7 Å². The minimum absolute atomic E-state index is 0.303. The molecule has 1 fully saturated rings. The van der Waals surface area contributed by atoms with Gasteiger partial charge in [-0.3, -0.25) is 4.68 Å². The van der Waals surface area contributed by atoms with Gasteiger partial charge in [0.1, 0.15) is 10.8 Å². The largest absolute Gasteiger partial charge is 0.366 e. The zero-order valence-corrected chi connectivity index (χ0v) is 17.6. The summed E-state index contributed by atoms with van der Waals surface area (Å²) in [5.41, 5.74) is 2.94. The Morgan fingerprint density at radius 1 is 1.10 bits per heavy atom. The second kappa shape index (κ2) is 8.24. The van der Waals surface area contributed by atoms with Crippen LogP contribution in [0.5, 0.6) is 0 Å². The van der Waals surface area contributed by atoms with Gasteiger partial charge in [0, 0.05) is 38.6 Å². The number of nitrogens with one attached hydrogen (secondary N) is 2. The number of piperidine rings is 1. The Kier molecular flexibility index (Phi) is 5.53. The summed E-state index contributed by atoms with van der Waals surface area (Å²) >= 11 is 6.34. The molecule has 0 radical (unpaired) electrons. The SMILES string of the molecule is Cc1ccc(N2CCC(Nc3nc(Nc4cn(C)nc4C)ncc3Cl)CC2)nc1. The van der Waals surface area contributed by atoms with Crippen molar-refractivity contribution in [2.75, 3.05) is 28.6 Å². The van der Waals surface area contributed by atoms with Crippen LogP contribution < -0.4 is 15.5 Å². The predicted molar refractivity (Wildman–Crippen MR) is 116 cm³/mol. The summed E-state index contributed by atoms with van der Waals surface area (Å²) in [7, 11) is 1.88. The van der Waals surface area contributed by atoms with Gasteiger partial charge in [-0.05, 0) is 38.3 Å². The molecule has 3 aromatic heterocycles. The molecule has 0 atom stereocenters. The third kappa shape index (κ3) is 4.59. The molecule has 1 aliphatic rings. The molecule has 0 bridgehead atoms. The molecule has 4 heterocycles. The number of halogens is 1. The fraction of sp³-hybridized carbons (Fsp3) is 0.400. The smallest absolute Gasteiger partial charge is 0.229 e. The van der Waals surface area contributed by atoms with Crippen LogP contribution in [0, 0.1) is 13.8 Å². The van der Waals surface area contributed by atoms with Crippen LogP contribution in [0.1, 0.15) is 24.1 Å². The fourth-order valence-electron chi connectivity index (χ4n) is 3.46. The summed E-state index contributed by atoms with van der Waals surface area (Å²) in [6.45, 7) is 5.87. The monoisotopic (exact) mass is 412 g/mol. The van der Waals surface area contributed by atoms with Crippen molar-refractivity contribution in [2.45, 2.75) is 32.7 Å². The van der Waals surface area contributed by atoms with Crippen LogP contribution in [0.25, 0.3) is 0 Å². The summed E-state index contributed by atoms with van der Waals surface area (Å²) in [6, 6.07) is 4.49. The van der Waals surface area contributed by atoms with E-state index in [4.69, 9.17) is 11.6 Å². The Balaban J connectivity index is 1.39. The molecule has 1 aliphatic heterocycles. The van der Waals surface area contributed by atoms with Crippen LogP contribution in [0.2, 0.25) is 5.02 Å². The molecule has 2 N–H and O–H groups in total. The molecule has 4 rings (SSSR count). The number of pyridine rings is 1. The lowest BCUT2D eigenvalue weighted by Gasteiger charge is -2.33. The molecule has 8 nitrogen and oxygen atoms in total. The van der Waals surface area contributed by atoms with Crippen LogP contribution >= 0.6 is 11.6 Å². The third-order valence-corrected chi connectivity index (χ3v) is 5.34. The van der Waals surface area contributed by atoms with Gasteiger partial charge in [0.2, 0.25) is 5.95 Å². The number of aromatic nitrogens is 5. The molecular formula is C20H25ClN8. The topological polar surface area (TPSA) is 83.8 Å². The van der Waals surface area contributed by atoms with Crippen molar-refractivity contribution in [2.24, 2.45) is 7.05 Å². The molecule has 1 saturated heterocycles. The number of hydrogen-bond acceptors (Lipinski definition) is 7. The highest BCUT2D eigenvalue weighted by Crippen LogP contribution is 2.26. The summed E-state index contributed by atoms with van der Waals surface area (Å²) < 4.78 is 1.75. The molecule has 9 heteroatoms. The molecule has 0 aliphatic carbocycles. The maximum Gasteiger partial charge on any atom is 0.229 e. The number of anilines is 4. The lowest BCUT2D eigenvalue weighted by molar-refractivity contribution is 0.522. The molecule has 0 saturated carbocycles. The van der Waals surface area contributed by atoms with E-state index in [1.54, 1.807) is 10.9 Å². The highest BCUT2D eigenvalue weighted by atomic mass is 35.5. The van der Waals surface area contributed by atoms with E-state index in [1.807, 2.05) is 26.4 Å². The molecule has 3 aromatic rings. The molecule has 0 spiro atoms. The van der Waals surface area contributed by atoms with Gasteiger partial charge in [0.15, 0.2) is 5.82 Å². The number of hydrogen-bond donors (Lipinski definition) is 2. The van der Waals surface area contributed by atoms with Crippen LogP contribution in [-0.2, 0) is 7.05 Å². The maximum atomic E-state index is 6.34. The van der Waals surface area contributed by atoms with Crippen molar-refractivity contribution in [1.29, 1.82) is 0 Å². The van der Waals surface area contributed by atoms with Crippen molar-refractivity contribution in [1.82, 2.24) is 24.7 Å². The second-order valence-electron chi connectivity index (χ2n) is 7.42. The Bertz CT molecular complexity index is 977. The van der Waals surface area contributed by atoms with Gasteiger partial charge in [-0.25, -0.2) is 9.97 Å².